The first kappa shape index (κ1) is 18.6. The fraction of sp³-hybridized carbons (Fsp3) is 0.409. The van der Waals surface area contributed by atoms with Gasteiger partial charge in [0.25, 0.3) is 0 Å². The third kappa shape index (κ3) is 3.11. The van der Waals surface area contributed by atoms with E-state index in [1.165, 1.54) is 5.56 Å². The van der Waals surface area contributed by atoms with Crippen LogP contribution >= 0.6 is 23.2 Å². The number of halogens is 2. The highest BCUT2D eigenvalue weighted by molar-refractivity contribution is 6.31. The van der Waals surface area contributed by atoms with Gasteiger partial charge in [-0.15, -0.1) is 0 Å². The van der Waals surface area contributed by atoms with E-state index in [1.54, 1.807) is 7.11 Å². The molecular weight excluding hydrogens is 381 g/mol. The van der Waals surface area contributed by atoms with Crippen LogP contribution in [0.5, 0.6) is 5.75 Å². The highest BCUT2D eigenvalue weighted by Crippen LogP contribution is 2.57. The Morgan fingerprint density at radius 2 is 1.89 bits per heavy atom. The van der Waals surface area contributed by atoms with Crippen LogP contribution in [0.2, 0.25) is 10.0 Å². The van der Waals surface area contributed by atoms with Gasteiger partial charge in [-0.1, -0.05) is 48.3 Å². The van der Waals surface area contributed by atoms with Gasteiger partial charge in [-0.05, 0) is 66.0 Å². The number of ether oxygens (including phenoxy) is 1. The number of hydrogen-bond donors (Lipinski definition) is 1. The zero-order chi connectivity index (χ0) is 19.2. The smallest absolute Gasteiger partial charge is 0.226 e. The molecule has 4 atom stereocenters. The van der Waals surface area contributed by atoms with Crippen LogP contribution in [0.15, 0.2) is 42.5 Å². The van der Waals surface area contributed by atoms with Crippen LogP contribution in [-0.4, -0.2) is 19.6 Å². The first-order valence-electron chi connectivity index (χ1n) is 9.31. The Morgan fingerprint density at radius 1 is 1.15 bits per heavy atom. The first-order chi connectivity index (χ1) is 12.9. The number of benzene rings is 2. The van der Waals surface area contributed by atoms with Gasteiger partial charge in [0.05, 0.1) is 12.5 Å². The summed E-state index contributed by atoms with van der Waals surface area (Å²) >= 11 is 12.8. The van der Waals surface area contributed by atoms with Crippen LogP contribution in [0.1, 0.15) is 42.7 Å². The maximum atomic E-state index is 12.6. The molecule has 142 valence electrons. The highest BCUT2D eigenvalue weighted by atomic mass is 35.5. The number of carbonyl (C=O) groups is 1. The summed E-state index contributed by atoms with van der Waals surface area (Å²) in [6.45, 7) is 2.81. The molecule has 2 aromatic rings. The van der Waals surface area contributed by atoms with Crippen molar-refractivity contribution >= 4 is 29.1 Å². The average Bonchev–Trinajstić information content (AvgIpc) is 2.97. The van der Waals surface area contributed by atoms with Crippen molar-refractivity contribution in [2.45, 2.75) is 31.6 Å². The van der Waals surface area contributed by atoms with E-state index in [4.69, 9.17) is 27.9 Å². The molecule has 1 aliphatic carbocycles. The van der Waals surface area contributed by atoms with E-state index in [2.05, 4.69) is 30.4 Å². The normalized spacial score (nSPS) is 29.9. The van der Waals surface area contributed by atoms with Gasteiger partial charge in [0.1, 0.15) is 5.75 Å². The average molecular weight is 404 g/mol. The number of nitrogens with one attached hydrogen (secondary N) is 1. The number of fused-ring (bicyclic) bond motifs is 1. The molecule has 0 aromatic heterocycles. The standard InChI is InChI=1S/C22H23Cl2NO2/c1-22-10-9-17(16-8-7-15(27-2)11-19(16)24)20(18(22)12-25-21(22)26)13-3-5-14(23)6-4-13/h3-8,11,17-18,20H,9-10,12H2,1-2H3,(H,25,26). The third-order valence-corrected chi connectivity index (χ3v) is 7.10. The van der Waals surface area contributed by atoms with Crippen molar-refractivity contribution < 1.29 is 9.53 Å². The SMILES string of the molecule is COc1ccc(C2CCC3(C)C(=O)NCC3C2c2ccc(Cl)cc2)c(Cl)c1. The molecule has 1 aliphatic heterocycles. The monoisotopic (exact) mass is 403 g/mol. The molecule has 4 unspecified atom stereocenters. The topological polar surface area (TPSA) is 38.3 Å². The molecule has 0 radical (unpaired) electrons. The number of amides is 1. The molecule has 2 fully saturated rings. The van der Waals surface area contributed by atoms with Crippen molar-refractivity contribution in [3.8, 4) is 5.75 Å². The number of rotatable bonds is 3. The molecule has 2 aliphatic rings. The number of carbonyl (C=O) groups excluding carboxylic acids is 1. The van der Waals surface area contributed by atoms with E-state index in [0.717, 1.165) is 34.2 Å². The van der Waals surface area contributed by atoms with Gasteiger partial charge in [-0.3, -0.25) is 4.79 Å². The predicted octanol–water partition coefficient (Wildman–Crippen LogP) is 5.42. The van der Waals surface area contributed by atoms with Crippen molar-refractivity contribution in [2.24, 2.45) is 11.3 Å². The second-order valence-corrected chi connectivity index (χ2v) is 8.69. The Kier molecular flexibility index (Phi) is 4.85. The maximum absolute atomic E-state index is 12.6. The van der Waals surface area contributed by atoms with Gasteiger partial charge in [0.15, 0.2) is 0 Å². The molecule has 3 nitrogen and oxygen atoms in total. The van der Waals surface area contributed by atoms with Crippen molar-refractivity contribution in [3.63, 3.8) is 0 Å². The van der Waals surface area contributed by atoms with E-state index in [-0.39, 0.29) is 29.1 Å². The summed E-state index contributed by atoms with van der Waals surface area (Å²) in [7, 11) is 1.64. The molecule has 1 saturated heterocycles. The summed E-state index contributed by atoms with van der Waals surface area (Å²) in [6, 6.07) is 14.0. The third-order valence-electron chi connectivity index (χ3n) is 6.52. The summed E-state index contributed by atoms with van der Waals surface area (Å²) < 4.78 is 5.31. The summed E-state index contributed by atoms with van der Waals surface area (Å²) in [6.07, 6.45) is 1.78. The summed E-state index contributed by atoms with van der Waals surface area (Å²) in [5.41, 5.74) is 2.00. The van der Waals surface area contributed by atoms with Gasteiger partial charge in [0, 0.05) is 16.6 Å². The minimum atomic E-state index is -0.334. The number of hydrogen-bond acceptors (Lipinski definition) is 2. The van der Waals surface area contributed by atoms with E-state index in [0.29, 0.717) is 6.54 Å². The molecule has 1 saturated carbocycles. The molecule has 0 bridgehead atoms. The molecule has 27 heavy (non-hydrogen) atoms. The van der Waals surface area contributed by atoms with Crippen LogP contribution in [0.25, 0.3) is 0 Å². The fourth-order valence-corrected chi connectivity index (χ4v) is 5.41. The summed E-state index contributed by atoms with van der Waals surface area (Å²) in [4.78, 5) is 12.6. The van der Waals surface area contributed by atoms with Gasteiger partial charge in [-0.2, -0.15) is 0 Å². The minimum absolute atomic E-state index is 0.172. The Bertz CT molecular complexity index is 867. The van der Waals surface area contributed by atoms with Crippen LogP contribution in [-0.2, 0) is 4.79 Å². The van der Waals surface area contributed by atoms with E-state index < -0.39 is 0 Å². The zero-order valence-electron chi connectivity index (χ0n) is 15.5. The van der Waals surface area contributed by atoms with Crippen molar-refractivity contribution in [3.05, 3.63) is 63.6 Å². The van der Waals surface area contributed by atoms with Gasteiger partial charge < -0.3 is 10.1 Å². The van der Waals surface area contributed by atoms with Crippen LogP contribution in [0, 0.1) is 11.3 Å². The van der Waals surface area contributed by atoms with Crippen LogP contribution < -0.4 is 10.1 Å². The fourth-order valence-electron chi connectivity index (χ4n) is 4.97. The zero-order valence-corrected chi connectivity index (χ0v) is 17.0. The van der Waals surface area contributed by atoms with Crippen molar-refractivity contribution in [2.75, 3.05) is 13.7 Å². The van der Waals surface area contributed by atoms with Crippen LogP contribution in [0.3, 0.4) is 0 Å². The molecule has 1 amide bonds. The van der Waals surface area contributed by atoms with Crippen molar-refractivity contribution in [1.82, 2.24) is 5.32 Å². The van der Waals surface area contributed by atoms with E-state index >= 15 is 0 Å². The molecule has 0 spiro atoms. The minimum Gasteiger partial charge on any atom is -0.497 e. The summed E-state index contributed by atoms with van der Waals surface area (Å²) in [5, 5.41) is 4.54. The van der Waals surface area contributed by atoms with Gasteiger partial charge in [0.2, 0.25) is 5.91 Å². The molecule has 2 aromatic carbocycles. The Labute approximate surface area is 170 Å². The summed E-state index contributed by atoms with van der Waals surface area (Å²) in [5.74, 6) is 1.60. The van der Waals surface area contributed by atoms with E-state index in [1.807, 2.05) is 24.3 Å². The Balaban J connectivity index is 1.80. The van der Waals surface area contributed by atoms with Crippen molar-refractivity contribution in [1.29, 1.82) is 0 Å². The second kappa shape index (κ2) is 7.03. The Morgan fingerprint density at radius 3 is 2.56 bits per heavy atom. The Hall–Kier alpha value is -1.71. The first-order valence-corrected chi connectivity index (χ1v) is 10.1. The molecule has 1 heterocycles. The predicted molar refractivity (Wildman–Crippen MR) is 109 cm³/mol. The largest absolute Gasteiger partial charge is 0.497 e. The molecular formula is C22H23Cl2NO2. The maximum Gasteiger partial charge on any atom is 0.226 e. The lowest BCUT2D eigenvalue weighted by atomic mass is 9.57. The molecule has 1 N–H and O–H groups in total. The lowest BCUT2D eigenvalue weighted by molar-refractivity contribution is -0.129. The number of methoxy groups -OCH3 is 1. The van der Waals surface area contributed by atoms with Crippen LogP contribution in [0.4, 0.5) is 0 Å². The lowest BCUT2D eigenvalue weighted by Gasteiger charge is -2.45. The van der Waals surface area contributed by atoms with Gasteiger partial charge >= 0.3 is 0 Å². The highest BCUT2D eigenvalue weighted by Gasteiger charge is 2.54. The lowest BCUT2D eigenvalue weighted by Crippen LogP contribution is -2.41. The second-order valence-electron chi connectivity index (χ2n) is 7.84. The molecule has 5 heteroatoms. The van der Waals surface area contributed by atoms with Gasteiger partial charge in [-0.25, -0.2) is 0 Å². The quantitative estimate of drug-likeness (QED) is 0.742. The molecule has 4 rings (SSSR count). The van der Waals surface area contributed by atoms with E-state index in [9.17, 15) is 4.79 Å².